The van der Waals surface area contributed by atoms with Crippen LogP contribution in [0.25, 0.3) is 10.9 Å². The van der Waals surface area contributed by atoms with Gasteiger partial charge in [-0.25, -0.2) is 0 Å². The number of benzene rings is 1. The summed E-state index contributed by atoms with van der Waals surface area (Å²) in [4.78, 5) is 39.4. The molecule has 1 amide bonds. The summed E-state index contributed by atoms with van der Waals surface area (Å²) < 4.78 is 6.33. The van der Waals surface area contributed by atoms with Crippen molar-refractivity contribution in [2.24, 2.45) is 0 Å². The summed E-state index contributed by atoms with van der Waals surface area (Å²) >= 11 is 0. The zero-order valence-electron chi connectivity index (χ0n) is 14.1. The van der Waals surface area contributed by atoms with Crippen LogP contribution < -0.4 is 15.6 Å². The molecule has 1 aromatic carbocycles. The number of para-hydroxylation sites is 1. The second kappa shape index (κ2) is 7.60. The third kappa shape index (κ3) is 4.13. The van der Waals surface area contributed by atoms with Gasteiger partial charge >= 0.3 is 5.97 Å². The van der Waals surface area contributed by atoms with Gasteiger partial charge in [0.15, 0.2) is 0 Å². The summed E-state index contributed by atoms with van der Waals surface area (Å²) in [6, 6.07) is 12.0. The molecule has 0 aliphatic carbocycles. The van der Waals surface area contributed by atoms with E-state index in [1.54, 1.807) is 6.07 Å². The molecule has 7 nitrogen and oxygen atoms in total. The molecule has 0 saturated heterocycles. The van der Waals surface area contributed by atoms with Crippen molar-refractivity contribution in [3.63, 3.8) is 0 Å². The van der Waals surface area contributed by atoms with Gasteiger partial charge in [0.1, 0.15) is 5.75 Å². The van der Waals surface area contributed by atoms with Crippen molar-refractivity contribution < 1.29 is 14.3 Å². The van der Waals surface area contributed by atoms with E-state index >= 15 is 0 Å². The summed E-state index contributed by atoms with van der Waals surface area (Å²) in [6.45, 7) is 1.78. The molecule has 0 spiro atoms. The van der Waals surface area contributed by atoms with Crippen LogP contribution in [0.15, 0.2) is 59.7 Å². The first kappa shape index (κ1) is 17.3. The minimum absolute atomic E-state index is 0.245. The van der Waals surface area contributed by atoms with Crippen molar-refractivity contribution in [1.82, 2.24) is 14.9 Å². The summed E-state index contributed by atoms with van der Waals surface area (Å²) in [5.41, 5.74) is 1.02. The Kier molecular flexibility index (Phi) is 5.07. The van der Waals surface area contributed by atoms with E-state index < -0.39 is 5.97 Å². The van der Waals surface area contributed by atoms with Crippen LogP contribution in [0.1, 0.15) is 17.3 Å². The second-order valence-electron chi connectivity index (χ2n) is 5.66. The van der Waals surface area contributed by atoms with Gasteiger partial charge in [0, 0.05) is 37.7 Å². The Balaban J connectivity index is 1.64. The molecule has 1 N–H and O–H groups in total. The van der Waals surface area contributed by atoms with Crippen LogP contribution >= 0.6 is 0 Å². The van der Waals surface area contributed by atoms with Gasteiger partial charge in [-0.3, -0.25) is 19.4 Å². The van der Waals surface area contributed by atoms with E-state index in [-0.39, 0.29) is 30.3 Å². The minimum Gasteiger partial charge on any atom is -0.425 e. The highest BCUT2D eigenvalue weighted by Gasteiger charge is 2.07. The lowest BCUT2D eigenvalue weighted by molar-refractivity contribution is -0.131. The fourth-order valence-electron chi connectivity index (χ4n) is 2.50. The summed E-state index contributed by atoms with van der Waals surface area (Å²) in [5, 5.41) is 3.63. The van der Waals surface area contributed by atoms with E-state index in [2.05, 4.69) is 10.3 Å². The highest BCUT2D eigenvalue weighted by atomic mass is 16.5. The SMILES string of the molecule is CC(=O)Oc1ccc(=O)n(CCNC(=O)c2cnc3ccccc3c2)c1. The van der Waals surface area contributed by atoms with Gasteiger partial charge in [0.2, 0.25) is 0 Å². The second-order valence-corrected chi connectivity index (χ2v) is 5.66. The quantitative estimate of drug-likeness (QED) is 0.707. The highest BCUT2D eigenvalue weighted by molar-refractivity contribution is 5.97. The Morgan fingerprint density at radius 1 is 1.19 bits per heavy atom. The van der Waals surface area contributed by atoms with Crippen molar-refractivity contribution in [3.05, 3.63) is 70.8 Å². The molecule has 7 heteroatoms. The zero-order valence-corrected chi connectivity index (χ0v) is 14.1. The summed E-state index contributed by atoms with van der Waals surface area (Å²) in [6.07, 6.45) is 2.96. The van der Waals surface area contributed by atoms with E-state index in [1.807, 2.05) is 24.3 Å². The molecule has 2 aromatic heterocycles. The van der Waals surface area contributed by atoms with Crippen LogP contribution in [0.3, 0.4) is 0 Å². The first-order valence-electron chi connectivity index (χ1n) is 8.05. The lowest BCUT2D eigenvalue weighted by Gasteiger charge is -2.09. The number of hydrogen-bond donors (Lipinski definition) is 1. The van der Waals surface area contributed by atoms with Gasteiger partial charge in [0.25, 0.3) is 11.5 Å². The van der Waals surface area contributed by atoms with Crippen LogP contribution in [-0.4, -0.2) is 28.0 Å². The Morgan fingerprint density at radius 3 is 2.81 bits per heavy atom. The van der Waals surface area contributed by atoms with Gasteiger partial charge in [-0.1, -0.05) is 18.2 Å². The Labute approximate surface area is 149 Å². The average Bonchev–Trinajstić information content (AvgIpc) is 2.63. The third-order valence-electron chi connectivity index (χ3n) is 3.71. The van der Waals surface area contributed by atoms with E-state index in [0.29, 0.717) is 5.56 Å². The van der Waals surface area contributed by atoms with Crippen molar-refractivity contribution in [3.8, 4) is 5.75 Å². The topological polar surface area (TPSA) is 90.3 Å². The molecule has 132 valence electrons. The number of hydrogen-bond acceptors (Lipinski definition) is 5. The van der Waals surface area contributed by atoms with E-state index in [0.717, 1.165) is 10.9 Å². The zero-order chi connectivity index (χ0) is 18.5. The van der Waals surface area contributed by atoms with Crippen molar-refractivity contribution >= 4 is 22.8 Å². The number of carbonyl (C=O) groups is 2. The summed E-state index contributed by atoms with van der Waals surface area (Å²) in [7, 11) is 0. The van der Waals surface area contributed by atoms with Crippen molar-refractivity contribution in [1.29, 1.82) is 0 Å². The fourth-order valence-corrected chi connectivity index (χ4v) is 2.50. The summed E-state index contributed by atoms with van der Waals surface area (Å²) in [5.74, 6) is -0.457. The van der Waals surface area contributed by atoms with Crippen molar-refractivity contribution in [2.45, 2.75) is 13.5 Å². The molecule has 0 saturated carbocycles. The van der Waals surface area contributed by atoms with Crippen molar-refractivity contribution in [2.75, 3.05) is 6.54 Å². The number of nitrogens with one attached hydrogen (secondary N) is 1. The molecule has 2 heterocycles. The van der Waals surface area contributed by atoms with Gasteiger partial charge in [-0.2, -0.15) is 0 Å². The fraction of sp³-hybridized carbons (Fsp3) is 0.158. The maximum atomic E-state index is 12.3. The number of esters is 1. The Bertz CT molecular complexity index is 1030. The molecular weight excluding hydrogens is 334 g/mol. The van der Waals surface area contributed by atoms with Crippen LogP contribution in [0.5, 0.6) is 5.75 Å². The van der Waals surface area contributed by atoms with Gasteiger partial charge < -0.3 is 14.6 Å². The van der Waals surface area contributed by atoms with E-state index in [4.69, 9.17) is 4.74 Å². The van der Waals surface area contributed by atoms with E-state index in [9.17, 15) is 14.4 Å². The first-order valence-corrected chi connectivity index (χ1v) is 8.05. The van der Waals surface area contributed by atoms with Crippen LogP contribution in [0, 0.1) is 0 Å². The molecule has 0 unspecified atom stereocenters. The number of amides is 1. The maximum Gasteiger partial charge on any atom is 0.308 e. The number of pyridine rings is 2. The molecule has 0 bridgehead atoms. The Hall–Kier alpha value is -3.48. The number of nitrogens with zero attached hydrogens (tertiary/aromatic N) is 2. The van der Waals surface area contributed by atoms with Crippen LogP contribution in [0.4, 0.5) is 0 Å². The van der Waals surface area contributed by atoms with Crippen LogP contribution in [0.2, 0.25) is 0 Å². The minimum atomic E-state index is -0.465. The average molecular weight is 351 g/mol. The molecule has 26 heavy (non-hydrogen) atoms. The monoisotopic (exact) mass is 351 g/mol. The largest absolute Gasteiger partial charge is 0.425 e. The standard InChI is InChI=1S/C19H17N3O4/c1-13(23)26-16-6-7-18(24)22(12-16)9-8-20-19(25)15-10-14-4-2-3-5-17(14)21-11-15/h2-7,10-12H,8-9H2,1H3,(H,20,25). The highest BCUT2D eigenvalue weighted by Crippen LogP contribution is 2.12. The molecular formula is C19H17N3O4. The molecule has 0 aliphatic rings. The van der Waals surface area contributed by atoms with Gasteiger partial charge in [0.05, 0.1) is 17.3 Å². The van der Waals surface area contributed by atoms with E-state index in [1.165, 1.54) is 36.0 Å². The molecule has 0 fully saturated rings. The smallest absolute Gasteiger partial charge is 0.308 e. The lowest BCUT2D eigenvalue weighted by Crippen LogP contribution is -2.30. The van der Waals surface area contributed by atoms with Gasteiger partial charge in [-0.15, -0.1) is 0 Å². The number of aromatic nitrogens is 2. The predicted molar refractivity (Wildman–Crippen MR) is 96.1 cm³/mol. The van der Waals surface area contributed by atoms with Gasteiger partial charge in [-0.05, 0) is 18.2 Å². The number of carbonyl (C=O) groups excluding carboxylic acids is 2. The first-order chi connectivity index (χ1) is 12.5. The number of rotatable bonds is 5. The maximum absolute atomic E-state index is 12.3. The molecule has 0 atom stereocenters. The Morgan fingerprint density at radius 2 is 2.00 bits per heavy atom. The molecule has 3 rings (SSSR count). The predicted octanol–water partition coefficient (Wildman–Crippen LogP) is 1.75. The number of fused-ring (bicyclic) bond motifs is 1. The number of ether oxygens (including phenoxy) is 1. The molecule has 0 radical (unpaired) electrons. The molecule has 0 aliphatic heterocycles. The molecule has 3 aromatic rings. The van der Waals surface area contributed by atoms with Crippen LogP contribution in [-0.2, 0) is 11.3 Å². The lowest BCUT2D eigenvalue weighted by atomic mass is 10.1. The normalized spacial score (nSPS) is 10.5. The third-order valence-corrected chi connectivity index (χ3v) is 3.71.